The molecule has 3 rings (SSSR count). The first kappa shape index (κ1) is 22.3. The number of nitrogens with zero attached hydrogens (tertiary/aromatic N) is 1. The quantitative estimate of drug-likeness (QED) is 0.646. The van der Waals surface area contributed by atoms with Gasteiger partial charge in [-0.15, -0.1) is 12.4 Å². The fourth-order valence-electron chi connectivity index (χ4n) is 3.97. The average molecular weight is 413 g/mol. The number of methoxy groups -OCH3 is 1. The van der Waals surface area contributed by atoms with Crippen molar-refractivity contribution < 1.29 is 24.1 Å². The van der Waals surface area contributed by atoms with Gasteiger partial charge in [0.2, 0.25) is 0 Å². The molecule has 2 heterocycles. The summed E-state index contributed by atoms with van der Waals surface area (Å²) in [5, 5.41) is 23.6. The summed E-state index contributed by atoms with van der Waals surface area (Å²) in [5.74, 6) is -0.559. The van der Waals surface area contributed by atoms with Crippen molar-refractivity contribution in [2.75, 3.05) is 20.2 Å². The van der Waals surface area contributed by atoms with E-state index >= 15 is 0 Å². The average Bonchev–Trinajstić information content (AvgIpc) is 2.66. The number of fused-ring (bicyclic) bond motifs is 1. The van der Waals surface area contributed by atoms with Crippen LogP contribution in [0.4, 0.5) is 4.39 Å². The Kier molecular flexibility index (Phi) is 7.98. The maximum atomic E-state index is 14.5. The van der Waals surface area contributed by atoms with E-state index in [1.165, 1.54) is 7.11 Å². The summed E-state index contributed by atoms with van der Waals surface area (Å²) in [6.45, 7) is 1.50. The molecule has 154 valence electrons. The van der Waals surface area contributed by atoms with Gasteiger partial charge in [-0.1, -0.05) is 0 Å². The maximum Gasteiger partial charge on any atom is 0.303 e. The van der Waals surface area contributed by atoms with Crippen LogP contribution in [-0.4, -0.2) is 41.4 Å². The predicted octanol–water partition coefficient (Wildman–Crippen LogP) is 3.32. The van der Waals surface area contributed by atoms with Crippen molar-refractivity contribution in [2.45, 2.75) is 31.8 Å². The second-order valence-electron chi connectivity index (χ2n) is 7.11. The summed E-state index contributed by atoms with van der Waals surface area (Å²) in [6, 6.07) is 5.16. The molecule has 3 atom stereocenters. The number of carbonyl (C=O) groups is 1. The third-order valence-corrected chi connectivity index (χ3v) is 5.41. The Bertz CT molecular complexity index is 820. The SMILES string of the molecule is COc1ccc2ncc(F)c(C(O)CCC3CCNCC3CC(=O)O)c2c1.Cl. The van der Waals surface area contributed by atoms with Crippen LogP contribution in [0.15, 0.2) is 24.4 Å². The van der Waals surface area contributed by atoms with Crippen LogP contribution in [0.3, 0.4) is 0 Å². The number of benzene rings is 1. The molecule has 0 radical (unpaired) electrons. The lowest BCUT2D eigenvalue weighted by atomic mass is 9.80. The zero-order chi connectivity index (χ0) is 19.4. The molecule has 0 bridgehead atoms. The van der Waals surface area contributed by atoms with Gasteiger partial charge in [0.25, 0.3) is 0 Å². The van der Waals surface area contributed by atoms with Crippen molar-refractivity contribution in [1.82, 2.24) is 10.3 Å². The number of piperidine rings is 1. The molecule has 28 heavy (non-hydrogen) atoms. The lowest BCUT2D eigenvalue weighted by Gasteiger charge is -2.32. The van der Waals surface area contributed by atoms with Gasteiger partial charge in [0.05, 0.1) is 24.9 Å². The smallest absolute Gasteiger partial charge is 0.303 e. The molecule has 1 aromatic carbocycles. The molecular weight excluding hydrogens is 387 g/mol. The van der Waals surface area contributed by atoms with E-state index in [2.05, 4.69) is 10.3 Å². The summed E-state index contributed by atoms with van der Waals surface area (Å²) in [5.41, 5.74) is 0.819. The van der Waals surface area contributed by atoms with E-state index in [1.807, 2.05) is 0 Å². The van der Waals surface area contributed by atoms with Crippen molar-refractivity contribution in [1.29, 1.82) is 0 Å². The standard InChI is InChI=1S/C20H25FN2O4.ClH/c1-27-14-3-4-17-15(9-14)20(16(21)11-23-17)18(24)5-2-12-6-7-22-10-13(12)8-19(25)26;/h3-4,9,11-13,18,22,24H,2,5-8,10H2,1H3,(H,25,26);1H. The largest absolute Gasteiger partial charge is 0.497 e. The number of nitrogens with one attached hydrogen (secondary N) is 1. The molecule has 1 aromatic heterocycles. The van der Waals surface area contributed by atoms with Gasteiger partial charge in [0.1, 0.15) is 11.6 Å². The van der Waals surface area contributed by atoms with Crippen molar-refractivity contribution in [2.24, 2.45) is 11.8 Å². The number of hydrogen-bond donors (Lipinski definition) is 3. The van der Waals surface area contributed by atoms with Gasteiger partial charge in [0, 0.05) is 17.4 Å². The van der Waals surface area contributed by atoms with Gasteiger partial charge in [-0.05, 0) is 62.4 Å². The van der Waals surface area contributed by atoms with Gasteiger partial charge in [-0.2, -0.15) is 0 Å². The molecule has 3 unspecified atom stereocenters. The second kappa shape index (κ2) is 10.0. The topological polar surface area (TPSA) is 91.7 Å². The lowest BCUT2D eigenvalue weighted by Crippen LogP contribution is -2.37. The first-order valence-electron chi connectivity index (χ1n) is 9.22. The zero-order valence-corrected chi connectivity index (χ0v) is 16.5. The maximum absolute atomic E-state index is 14.5. The van der Waals surface area contributed by atoms with E-state index < -0.39 is 17.9 Å². The van der Waals surface area contributed by atoms with E-state index in [-0.39, 0.29) is 36.2 Å². The normalized spacial score (nSPS) is 20.4. The van der Waals surface area contributed by atoms with Crippen LogP contribution >= 0.6 is 12.4 Å². The molecule has 2 aromatic rings. The number of ether oxygens (including phenoxy) is 1. The highest BCUT2D eigenvalue weighted by atomic mass is 35.5. The van der Waals surface area contributed by atoms with Crippen LogP contribution in [0.25, 0.3) is 10.9 Å². The molecule has 1 saturated heterocycles. The summed E-state index contributed by atoms with van der Waals surface area (Å²) < 4.78 is 19.7. The number of aliphatic hydroxyl groups is 1. The van der Waals surface area contributed by atoms with Crippen LogP contribution < -0.4 is 10.1 Å². The molecule has 3 N–H and O–H groups in total. The van der Waals surface area contributed by atoms with E-state index in [0.29, 0.717) is 36.0 Å². The van der Waals surface area contributed by atoms with Crippen molar-refractivity contribution in [3.8, 4) is 5.75 Å². The Balaban J connectivity index is 0.00000280. The number of carboxylic acid groups (broad SMARTS) is 1. The first-order valence-corrected chi connectivity index (χ1v) is 9.22. The Morgan fingerprint density at radius 3 is 2.93 bits per heavy atom. The highest BCUT2D eigenvalue weighted by molar-refractivity contribution is 5.85. The predicted molar refractivity (Wildman–Crippen MR) is 106 cm³/mol. The summed E-state index contributed by atoms with van der Waals surface area (Å²) in [7, 11) is 1.53. The summed E-state index contributed by atoms with van der Waals surface area (Å²) >= 11 is 0. The van der Waals surface area contributed by atoms with Gasteiger partial charge in [0.15, 0.2) is 0 Å². The van der Waals surface area contributed by atoms with E-state index in [4.69, 9.17) is 9.84 Å². The highest BCUT2D eigenvalue weighted by Gasteiger charge is 2.28. The number of rotatable bonds is 7. The van der Waals surface area contributed by atoms with Crippen LogP contribution in [0.5, 0.6) is 5.75 Å². The van der Waals surface area contributed by atoms with Gasteiger partial charge >= 0.3 is 5.97 Å². The third kappa shape index (κ3) is 5.10. The molecule has 1 aliphatic rings. The fraction of sp³-hybridized carbons (Fsp3) is 0.500. The molecular formula is C20H26ClFN2O4. The minimum absolute atomic E-state index is 0. The number of aliphatic hydroxyl groups excluding tert-OH is 1. The Morgan fingerprint density at radius 2 is 2.21 bits per heavy atom. The summed E-state index contributed by atoms with van der Waals surface area (Å²) in [6.07, 6.45) is 2.13. The van der Waals surface area contributed by atoms with Crippen LogP contribution in [0.2, 0.25) is 0 Å². The minimum atomic E-state index is -0.983. The molecule has 1 fully saturated rings. The van der Waals surface area contributed by atoms with Crippen LogP contribution in [-0.2, 0) is 4.79 Å². The first-order chi connectivity index (χ1) is 13.0. The Morgan fingerprint density at radius 1 is 1.43 bits per heavy atom. The van der Waals surface area contributed by atoms with E-state index in [1.54, 1.807) is 18.2 Å². The van der Waals surface area contributed by atoms with E-state index in [0.717, 1.165) is 19.2 Å². The molecule has 0 amide bonds. The molecule has 1 aliphatic heterocycles. The number of aliphatic carboxylic acids is 1. The number of pyridine rings is 1. The number of carboxylic acids is 1. The van der Waals surface area contributed by atoms with Crippen molar-refractivity contribution in [3.63, 3.8) is 0 Å². The Labute approximate surface area is 169 Å². The lowest BCUT2D eigenvalue weighted by molar-refractivity contribution is -0.138. The molecule has 0 aliphatic carbocycles. The highest BCUT2D eigenvalue weighted by Crippen LogP contribution is 2.34. The van der Waals surface area contributed by atoms with Gasteiger partial charge in [-0.25, -0.2) is 4.39 Å². The van der Waals surface area contributed by atoms with Crippen LogP contribution in [0.1, 0.15) is 37.4 Å². The number of hydrogen-bond acceptors (Lipinski definition) is 5. The van der Waals surface area contributed by atoms with E-state index in [9.17, 15) is 14.3 Å². The number of aromatic nitrogens is 1. The second-order valence-corrected chi connectivity index (χ2v) is 7.11. The number of halogens is 2. The zero-order valence-electron chi connectivity index (χ0n) is 15.7. The minimum Gasteiger partial charge on any atom is -0.497 e. The fourth-order valence-corrected chi connectivity index (χ4v) is 3.97. The van der Waals surface area contributed by atoms with Gasteiger partial charge in [-0.3, -0.25) is 9.78 Å². The molecule has 8 heteroatoms. The molecule has 0 saturated carbocycles. The van der Waals surface area contributed by atoms with Crippen molar-refractivity contribution >= 4 is 29.3 Å². The Hall–Kier alpha value is -1.96. The summed E-state index contributed by atoms with van der Waals surface area (Å²) in [4.78, 5) is 15.2. The van der Waals surface area contributed by atoms with Gasteiger partial charge < -0.3 is 20.3 Å². The van der Waals surface area contributed by atoms with Crippen LogP contribution in [0, 0.1) is 17.7 Å². The monoisotopic (exact) mass is 412 g/mol. The third-order valence-electron chi connectivity index (χ3n) is 5.41. The van der Waals surface area contributed by atoms with Crippen molar-refractivity contribution in [3.05, 3.63) is 35.8 Å². The molecule has 0 spiro atoms. The molecule has 6 nitrogen and oxygen atoms in total.